The summed E-state index contributed by atoms with van der Waals surface area (Å²) in [6, 6.07) is 4.89. The maximum absolute atomic E-state index is 10.9. The second-order valence-corrected chi connectivity index (χ2v) is 4.96. The van der Waals surface area contributed by atoms with Crippen LogP contribution >= 0.6 is 15.9 Å². The Balaban J connectivity index is 2.27. The standard InChI is InChI=1S/C12H11BrN4O2/c13-10-7(3-4-14)15-12-16-8-5-6(11(18)19)1-2-9(8)17(10)12/h1-2,5H,3-4,14H2,(H,15,16)(H,18,19). The lowest BCUT2D eigenvalue weighted by Crippen LogP contribution is -2.03. The van der Waals surface area contributed by atoms with E-state index in [9.17, 15) is 4.79 Å². The predicted octanol–water partition coefficient (Wildman–Crippen LogP) is 1.78. The van der Waals surface area contributed by atoms with Gasteiger partial charge in [-0.05, 0) is 40.7 Å². The van der Waals surface area contributed by atoms with Crippen molar-refractivity contribution in [2.24, 2.45) is 5.73 Å². The number of nitrogens with one attached hydrogen (secondary N) is 1. The molecule has 0 spiro atoms. The third-order valence-electron chi connectivity index (χ3n) is 3.00. The van der Waals surface area contributed by atoms with E-state index in [0.29, 0.717) is 17.8 Å². The Morgan fingerprint density at radius 3 is 3.00 bits per heavy atom. The van der Waals surface area contributed by atoms with Crippen LogP contribution in [0.15, 0.2) is 22.8 Å². The van der Waals surface area contributed by atoms with E-state index < -0.39 is 5.97 Å². The monoisotopic (exact) mass is 322 g/mol. The molecule has 0 unspecified atom stereocenters. The number of benzene rings is 1. The molecule has 19 heavy (non-hydrogen) atoms. The van der Waals surface area contributed by atoms with Crippen LogP contribution in [-0.4, -0.2) is 32.0 Å². The molecular weight excluding hydrogens is 312 g/mol. The largest absolute Gasteiger partial charge is 0.478 e. The number of rotatable bonds is 3. The number of imidazole rings is 2. The number of H-pyrrole nitrogens is 1. The molecule has 3 rings (SSSR count). The molecule has 6 nitrogen and oxygen atoms in total. The number of aromatic amines is 1. The Hall–Kier alpha value is -1.86. The molecule has 0 atom stereocenters. The summed E-state index contributed by atoms with van der Waals surface area (Å²) < 4.78 is 2.78. The zero-order valence-corrected chi connectivity index (χ0v) is 11.4. The average molecular weight is 323 g/mol. The number of carbonyl (C=O) groups is 1. The molecular formula is C12H11BrN4O2. The molecule has 0 aliphatic carbocycles. The summed E-state index contributed by atoms with van der Waals surface area (Å²) in [4.78, 5) is 18.5. The molecule has 7 heteroatoms. The molecule has 0 saturated carbocycles. The quantitative estimate of drug-likeness (QED) is 0.684. The van der Waals surface area contributed by atoms with Crippen molar-refractivity contribution in [1.82, 2.24) is 14.4 Å². The molecule has 0 bridgehead atoms. The maximum atomic E-state index is 10.9. The van der Waals surface area contributed by atoms with Gasteiger partial charge in [0.2, 0.25) is 5.78 Å². The Morgan fingerprint density at radius 2 is 2.32 bits per heavy atom. The average Bonchev–Trinajstić information content (AvgIpc) is 2.87. The van der Waals surface area contributed by atoms with Crippen LogP contribution in [0.1, 0.15) is 16.1 Å². The summed E-state index contributed by atoms with van der Waals surface area (Å²) in [5.74, 6) is -0.283. The molecule has 2 aromatic heterocycles. The molecule has 0 amide bonds. The van der Waals surface area contributed by atoms with Gasteiger partial charge in [-0.15, -0.1) is 0 Å². The SMILES string of the molecule is NCCc1[nH]c2nc3cc(C(=O)O)ccc3n2c1Br. The van der Waals surface area contributed by atoms with Crippen molar-refractivity contribution in [2.45, 2.75) is 6.42 Å². The van der Waals surface area contributed by atoms with Gasteiger partial charge in [0, 0.05) is 6.42 Å². The number of halogens is 1. The first-order valence-corrected chi connectivity index (χ1v) is 6.53. The number of aromatic nitrogens is 3. The highest BCUT2D eigenvalue weighted by atomic mass is 79.9. The first-order chi connectivity index (χ1) is 9.11. The van der Waals surface area contributed by atoms with Crippen molar-refractivity contribution in [3.8, 4) is 0 Å². The number of aromatic carboxylic acids is 1. The Kier molecular flexibility index (Phi) is 2.79. The molecule has 0 aliphatic heterocycles. The van der Waals surface area contributed by atoms with E-state index in [-0.39, 0.29) is 5.56 Å². The lowest BCUT2D eigenvalue weighted by molar-refractivity contribution is 0.0697. The molecule has 0 radical (unpaired) electrons. The second kappa shape index (κ2) is 4.36. The van der Waals surface area contributed by atoms with Gasteiger partial charge in [0.15, 0.2) is 0 Å². The van der Waals surface area contributed by atoms with Crippen molar-refractivity contribution in [1.29, 1.82) is 0 Å². The van der Waals surface area contributed by atoms with Gasteiger partial charge in [-0.25, -0.2) is 9.78 Å². The summed E-state index contributed by atoms with van der Waals surface area (Å²) in [5, 5.41) is 8.97. The second-order valence-electron chi connectivity index (χ2n) is 4.21. The highest BCUT2D eigenvalue weighted by molar-refractivity contribution is 9.10. The van der Waals surface area contributed by atoms with E-state index in [4.69, 9.17) is 10.8 Å². The van der Waals surface area contributed by atoms with Crippen LogP contribution in [0.4, 0.5) is 0 Å². The van der Waals surface area contributed by atoms with E-state index in [1.165, 1.54) is 0 Å². The minimum absolute atomic E-state index is 0.228. The maximum Gasteiger partial charge on any atom is 0.335 e. The summed E-state index contributed by atoms with van der Waals surface area (Å²) in [6.07, 6.45) is 0.721. The van der Waals surface area contributed by atoms with Crippen molar-refractivity contribution in [3.63, 3.8) is 0 Å². The predicted molar refractivity (Wildman–Crippen MR) is 74.5 cm³/mol. The number of fused-ring (bicyclic) bond motifs is 3. The van der Waals surface area contributed by atoms with Crippen molar-refractivity contribution in [3.05, 3.63) is 34.1 Å². The Bertz CT molecular complexity index is 790. The zero-order valence-electron chi connectivity index (χ0n) is 9.85. The number of hydrogen-bond donors (Lipinski definition) is 3. The summed E-state index contributed by atoms with van der Waals surface area (Å²) in [7, 11) is 0. The Labute approximate surface area is 116 Å². The van der Waals surface area contributed by atoms with E-state index in [0.717, 1.165) is 22.2 Å². The van der Waals surface area contributed by atoms with Gasteiger partial charge in [0.1, 0.15) is 4.60 Å². The van der Waals surface area contributed by atoms with E-state index >= 15 is 0 Å². The number of nitrogens with two attached hydrogens (primary N) is 1. The highest BCUT2D eigenvalue weighted by Gasteiger charge is 2.14. The first kappa shape index (κ1) is 12.2. The van der Waals surface area contributed by atoms with Gasteiger partial charge in [-0.2, -0.15) is 0 Å². The van der Waals surface area contributed by atoms with Crippen LogP contribution in [0.2, 0.25) is 0 Å². The van der Waals surface area contributed by atoms with Gasteiger partial charge < -0.3 is 15.8 Å². The molecule has 2 heterocycles. The molecule has 0 saturated heterocycles. The minimum Gasteiger partial charge on any atom is -0.478 e. The van der Waals surface area contributed by atoms with Gasteiger partial charge in [0.05, 0.1) is 22.3 Å². The molecule has 0 aliphatic rings. The molecule has 3 aromatic rings. The molecule has 1 aromatic carbocycles. The van der Waals surface area contributed by atoms with Crippen molar-refractivity contribution in [2.75, 3.05) is 6.54 Å². The molecule has 0 fully saturated rings. The molecule has 98 valence electrons. The van der Waals surface area contributed by atoms with E-state index in [1.54, 1.807) is 18.2 Å². The third kappa shape index (κ3) is 1.82. The fraction of sp³-hybridized carbons (Fsp3) is 0.167. The van der Waals surface area contributed by atoms with Crippen LogP contribution in [0.25, 0.3) is 16.8 Å². The minimum atomic E-state index is -0.957. The third-order valence-corrected chi connectivity index (χ3v) is 3.84. The van der Waals surface area contributed by atoms with Crippen molar-refractivity contribution < 1.29 is 9.90 Å². The number of hydrogen-bond acceptors (Lipinski definition) is 3. The normalized spacial score (nSPS) is 11.5. The summed E-state index contributed by atoms with van der Waals surface area (Å²) in [6.45, 7) is 0.545. The summed E-state index contributed by atoms with van der Waals surface area (Å²) >= 11 is 3.52. The van der Waals surface area contributed by atoms with Gasteiger partial charge in [-0.3, -0.25) is 4.40 Å². The smallest absolute Gasteiger partial charge is 0.335 e. The highest BCUT2D eigenvalue weighted by Crippen LogP contribution is 2.25. The van der Waals surface area contributed by atoms with Crippen molar-refractivity contribution >= 4 is 38.7 Å². The number of carboxylic acids is 1. The lowest BCUT2D eigenvalue weighted by Gasteiger charge is -1.97. The Morgan fingerprint density at radius 1 is 1.53 bits per heavy atom. The zero-order chi connectivity index (χ0) is 13.6. The van der Waals surface area contributed by atoms with E-state index in [2.05, 4.69) is 25.9 Å². The lowest BCUT2D eigenvalue weighted by atomic mass is 10.2. The number of nitrogens with zero attached hydrogens (tertiary/aromatic N) is 2. The van der Waals surface area contributed by atoms with Gasteiger partial charge >= 0.3 is 5.97 Å². The van der Waals surface area contributed by atoms with Crippen LogP contribution in [0.3, 0.4) is 0 Å². The number of carboxylic acid groups (broad SMARTS) is 1. The van der Waals surface area contributed by atoms with Gasteiger partial charge in [0.25, 0.3) is 0 Å². The fourth-order valence-electron chi connectivity index (χ4n) is 2.13. The topological polar surface area (TPSA) is 96.4 Å². The van der Waals surface area contributed by atoms with E-state index in [1.807, 2.05) is 4.40 Å². The van der Waals surface area contributed by atoms with Gasteiger partial charge in [-0.1, -0.05) is 0 Å². The van der Waals surface area contributed by atoms with Crippen LogP contribution in [0.5, 0.6) is 0 Å². The van der Waals surface area contributed by atoms with Crippen LogP contribution < -0.4 is 5.73 Å². The molecule has 4 N–H and O–H groups in total. The van der Waals surface area contributed by atoms with Crippen LogP contribution in [-0.2, 0) is 6.42 Å². The fourth-order valence-corrected chi connectivity index (χ4v) is 2.78. The summed E-state index contributed by atoms with van der Waals surface area (Å²) in [5.41, 5.74) is 8.26. The van der Waals surface area contributed by atoms with Crippen LogP contribution in [0, 0.1) is 0 Å². The first-order valence-electron chi connectivity index (χ1n) is 5.73.